The summed E-state index contributed by atoms with van der Waals surface area (Å²) in [6, 6.07) is 18.9. The van der Waals surface area contributed by atoms with Crippen LogP contribution in [0.2, 0.25) is 0 Å². The third-order valence-corrected chi connectivity index (χ3v) is 6.31. The minimum atomic E-state index is -0.114. The molecular formula is C26H27N5O2. The number of hydrogen-bond donors (Lipinski definition) is 1. The molecule has 0 aliphatic carbocycles. The first-order valence-electron chi connectivity index (χ1n) is 11.3. The first kappa shape index (κ1) is 21.2. The number of carbonyl (C=O) groups excluding carboxylic acids is 1. The molecule has 1 saturated heterocycles. The van der Waals surface area contributed by atoms with Crippen LogP contribution >= 0.6 is 0 Å². The van der Waals surface area contributed by atoms with Gasteiger partial charge < -0.3 is 19.7 Å². The van der Waals surface area contributed by atoms with E-state index >= 15 is 0 Å². The fraction of sp³-hybridized carbons (Fsp3) is 0.269. The molecule has 0 atom stereocenters. The number of benzene rings is 2. The van der Waals surface area contributed by atoms with E-state index in [0.29, 0.717) is 17.3 Å². The van der Waals surface area contributed by atoms with Gasteiger partial charge in [0.1, 0.15) is 12.4 Å². The van der Waals surface area contributed by atoms with Gasteiger partial charge in [0.25, 0.3) is 0 Å². The van der Waals surface area contributed by atoms with Crippen molar-refractivity contribution in [3.8, 4) is 0 Å². The number of rotatable bonds is 5. The Morgan fingerprint density at radius 1 is 0.909 bits per heavy atom. The average molecular weight is 442 g/mol. The van der Waals surface area contributed by atoms with Gasteiger partial charge in [-0.15, -0.1) is 0 Å². The van der Waals surface area contributed by atoms with Crippen LogP contribution in [0.1, 0.15) is 5.56 Å². The summed E-state index contributed by atoms with van der Waals surface area (Å²) in [7, 11) is 2.13. The van der Waals surface area contributed by atoms with Crippen LogP contribution in [0, 0.1) is 0 Å². The van der Waals surface area contributed by atoms with Gasteiger partial charge in [-0.3, -0.25) is 9.59 Å². The number of para-hydroxylation sites is 2. The molecule has 7 nitrogen and oxygen atoms in total. The molecule has 1 fully saturated rings. The van der Waals surface area contributed by atoms with Crippen molar-refractivity contribution in [1.82, 2.24) is 19.8 Å². The molecule has 0 saturated carbocycles. The van der Waals surface area contributed by atoms with Gasteiger partial charge in [-0.25, -0.2) is 4.98 Å². The Bertz CT molecular complexity index is 1290. The molecule has 1 aliphatic rings. The van der Waals surface area contributed by atoms with Crippen LogP contribution in [0.15, 0.2) is 71.7 Å². The minimum Gasteiger partial charge on any atom is -0.354 e. The van der Waals surface area contributed by atoms with E-state index in [2.05, 4.69) is 27.1 Å². The van der Waals surface area contributed by atoms with Crippen LogP contribution < -0.4 is 15.6 Å². The van der Waals surface area contributed by atoms with Crippen LogP contribution in [0.5, 0.6) is 0 Å². The second kappa shape index (κ2) is 9.03. The molecule has 1 N–H and O–H groups in total. The Balaban J connectivity index is 1.31. The molecule has 1 amide bonds. The molecule has 0 bridgehead atoms. The molecule has 168 valence electrons. The second-order valence-electron chi connectivity index (χ2n) is 8.54. The maximum atomic E-state index is 12.9. The third-order valence-electron chi connectivity index (χ3n) is 6.31. The van der Waals surface area contributed by atoms with Crippen molar-refractivity contribution >= 4 is 33.5 Å². The molecule has 2 aromatic carbocycles. The summed E-state index contributed by atoms with van der Waals surface area (Å²) in [5, 5.41) is 4.23. The van der Waals surface area contributed by atoms with E-state index in [0.717, 1.165) is 48.6 Å². The Labute approximate surface area is 192 Å². The van der Waals surface area contributed by atoms with Gasteiger partial charge in [-0.2, -0.15) is 0 Å². The predicted molar refractivity (Wildman–Crippen MR) is 132 cm³/mol. The molecule has 0 unspecified atom stereocenters. The molecule has 0 spiro atoms. The fourth-order valence-electron chi connectivity index (χ4n) is 4.39. The smallest absolute Gasteiger partial charge is 0.240 e. The Kier molecular flexibility index (Phi) is 5.79. The number of amides is 1. The zero-order valence-corrected chi connectivity index (χ0v) is 18.7. The monoisotopic (exact) mass is 441 g/mol. The zero-order chi connectivity index (χ0) is 22.8. The number of hydrogen-bond acceptors (Lipinski definition) is 5. The highest BCUT2D eigenvalue weighted by Gasteiger charge is 2.15. The summed E-state index contributed by atoms with van der Waals surface area (Å²) in [4.78, 5) is 34.9. The van der Waals surface area contributed by atoms with Gasteiger partial charge in [0.05, 0.1) is 11.0 Å². The lowest BCUT2D eigenvalue weighted by atomic mass is 10.1. The van der Waals surface area contributed by atoms with Crippen molar-refractivity contribution in [2.24, 2.45) is 0 Å². The van der Waals surface area contributed by atoms with Gasteiger partial charge in [0.2, 0.25) is 5.91 Å². The zero-order valence-electron chi connectivity index (χ0n) is 18.7. The number of carbonyl (C=O) groups is 1. The highest BCUT2D eigenvalue weighted by atomic mass is 16.2. The summed E-state index contributed by atoms with van der Waals surface area (Å²) in [5.41, 5.74) is 2.46. The Hall–Kier alpha value is -3.71. The largest absolute Gasteiger partial charge is 0.354 e. The molecule has 33 heavy (non-hydrogen) atoms. The van der Waals surface area contributed by atoms with E-state index in [1.54, 1.807) is 0 Å². The van der Waals surface area contributed by atoms with Crippen molar-refractivity contribution in [3.05, 3.63) is 82.6 Å². The third kappa shape index (κ3) is 4.32. The van der Waals surface area contributed by atoms with Gasteiger partial charge in [0.15, 0.2) is 5.43 Å². The van der Waals surface area contributed by atoms with Crippen molar-refractivity contribution in [2.75, 3.05) is 38.1 Å². The van der Waals surface area contributed by atoms with E-state index in [4.69, 9.17) is 0 Å². The van der Waals surface area contributed by atoms with Gasteiger partial charge >= 0.3 is 0 Å². The summed E-state index contributed by atoms with van der Waals surface area (Å²) < 4.78 is 1.91. The number of nitrogens with zero attached hydrogens (tertiary/aromatic N) is 4. The van der Waals surface area contributed by atoms with Crippen molar-refractivity contribution in [1.29, 1.82) is 0 Å². The van der Waals surface area contributed by atoms with E-state index in [1.165, 1.54) is 0 Å². The number of piperazine rings is 1. The minimum absolute atomic E-state index is 0.00984. The maximum absolute atomic E-state index is 12.9. The average Bonchev–Trinajstić information content (AvgIpc) is 2.86. The molecule has 7 heteroatoms. The summed E-state index contributed by atoms with van der Waals surface area (Å²) in [6.07, 6.45) is 1.83. The highest BCUT2D eigenvalue weighted by Crippen LogP contribution is 2.19. The Morgan fingerprint density at radius 2 is 1.55 bits per heavy atom. The number of aromatic nitrogens is 2. The lowest BCUT2D eigenvalue weighted by Gasteiger charge is -2.33. The van der Waals surface area contributed by atoms with Gasteiger partial charge in [0, 0.05) is 49.7 Å². The van der Waals surface area contributed by atoms with E-state index in [9.17, 15) is 9.59 Å². The van der Waals surface area contributed by atoms with Crippen LogP contribution in [0.4, 0.5) is 5.82 Å². The fourth-order valence-corrected chi connectivity index (χ4v) is 4.39. The quantitative estimate of drug-likeness (QED) is 0.482. The first-order valence-corrected chi connectivity index (χ1v) is 11.3. The lowest BCUT2D eigenvalue weighted by Crippen LogP contribution is -2.44. The summed E-state index contributed by atoms with van der Waals surface area (Å²) in [6.45, 7) is 4.56. The van der Waals surface area contributed by atoms with Gasteiger partial charge in [-0.05, 0) is 42.9 Å². The first-order chi connectivity index (χ1) is 16.1. The normalized spacial score (nSPS) is 14.6. The maximum Gasteiger partial charge on any atom is 0.240 e. The van der Waals surface area contributed by atoms with Crippen molar-refractivity contribution in [2.45, 2.75) is 13.1 Å². The second-order valence-corrected chi connectivity index (χ2v) is 8.54. The van der Waals surface area contributed by atoms with E-state index in [1.807, 2.05) is 71.4 Å². The number of likely N-dealkylation sites (N-methyl/N-ethyl adjacent to an activating group) is 1. The lowest BCUT2D eigenvalue weighted by molar-refractivity contribution is -0.121. The molecule has 4 aromatic rings. The number of fused-ring (bicyclic) bond motifs is 2. The predicted octanol–water partition coefficient (Wildman–Crippen LogP) is 2.62. The highest BCUT2D eigenvalue weighted by molar-refractivity contribution is 5.94. The number of anilines is 1. The van der Waals surface area contributed by atoms with E-state index < -0.39 is 0 Å². The molecule has 1 aliphatic heterocycles. The van der Waals surface area contributed by atoms with Gasteiger partial charge in [-0.1, -0.05) is 30.3 Å². The van der Waals surface area contributed by atoms with Crippen LogP contribution in [0.25, 0.3) is 21.8 Å². The topological polar surface area (TPSA) is 70.5 Å². The number of pyridine rings is 2. The summed E-state index contributed by atoms with van der Waals surface area (Å²) in [5.74, 6) is 0.862. The molecule has 3 heterocycles. The molecular weight excluding hydrogens is 414 g/mol. The van der Waals surface area contributed by atoms with Crippen molar-refractivity contribution in [3.63, 3.8) is 0 Å². The Morgan fingerprint density at radius 3 is 2.15 bits per heavy atom. The summed E-state index contributed by atoms with van der Waals surface area (Å²) >= 11 is 0. The van der Waals surface area contributed by atoms with Crippen LogP contribution in [0.3, 0.4) is 0 Å². The SMILES string of the molecule is CN1CCN(c2ccc(CNC(=O)Cn3c4ccccc4c(=O)c4ccccc43)cn2)CC1. The van der Waals surface area contributed by atoms with Crippen molar-refractivity contribution < 1.29 is 4.79 Å². The molecule has 2 aromatic heterocycles. The standard InChI is InChI=1S/C26H27N5O2/c1-29-12-14-30(15-13-29)24-11-10-19(16-27-24)17-28-25(32)18-31-22-8-4-2-6-20(22)26(33)21-7-3-5-9-23(21)31/h2-11,16H,12-15,17-18H2,1H3,(H,28,32). The van der Waals surface area contributed by atoms with Crippen LogP contribution in [-0.2, 0) is 17.9 Å². The number of nitrogens with one attached hydrogen (secondary N) is 1. The van der Waals surface area contributed by atoms with Crippen LogP contribution in [-0.4, -0.2) is 53.6 Å². The van der Waals surface area contributed by atoms with E-state index in [-0.39, 0.29) is 17.9 Å². The molecule has 5 rings (SSSR count). The molecule has 0 radical (unpaired) electrons.